The average Bonchev–Trinajstić information content (AvgIpc) is 3.25. The minimum atomic E-state index is -0.592. The van der Waals surface area contributed by atoms with Gasteiger partial charge in [0, 0.05) is 29.9 Å². The zero-order chi connectivity index (χ0) is 25.9. The molecule has 37 heavy (non-hydrogen) atoms. The Hall–Kier alpha value is -4.32. The van der Waals surface area contributed by atoms with Gasteiger partial charge in [-0.1, -0.05) is 23.9 Å². The van der Waals surface area contributed by atoms with Gasteiger partial charge in [-0.3, -0.25) is 19.1 Å². The molecule has 0 saturated heterocycles. The van der Waals surface area contributed by atoms with Gasteiger partial charge in [-0.2, -0.15) is 0 Å². The van der Waals surface area contributed by atoms with Crippen LogP contribution in [-0.2, 0) is 11.2 Å². The summed E-state index contributed by atoms with van der Waals surface area (Å²) in [6.45, 7) is 4.91. The number of rotatable bonds is 7. The van der Waals surface area contributed by atoms with Crippen molar-refractivity contribution in [2.45, 2.75) is 25.4 Å². The first kappa shape index (κ1) is 24.4. The smallest absolute Gasteiger partial charge is 0.325 e. The van der Waals surface area contributed by atoms with E-state index < -0.39 is 11.2 Å². The van der Waals surface area contributed by atoms with E-state index in [9.17, 15) is 14.4 Å². The first-order valence-corrected chi connectivity index (χ1v) is 12.5. The monoisotopic (exact) mass is 520 g/mol. The number of aryl methyl sites for hydroxylation is 2. The lowest BCUT2D eigenvalue weighted by molar-refractivity contribution is -0.113. The Bertz CT molecular complexity index is 1560. The molecule has 5 rings (SSSR count). The highest BCUT2D eigenvalue weighted by atomic mass is 32.2. The molecule has 3 N–H and O–H groups in total. The molecule has 0 bridgehead atoms. The van der Waals surface area contributed by atoms with Gasteiger partial charge in [0.2, 0.25) is 5.91 Å². The number of thioether (sulfide) groups is 1. The molecule has 2 aromatic carbocycles. The molecule has 1 aliphatic heterocycles. The molecule has 4 aromatic rings. The summed E-state index contributed by atoms with van der Waals surface area (Å²) >= 11 is 1.23. The zero-order valence-electron chi connectivity index (χ0n) is 20.2. The van der Waals surface area contributed by atoms with Gasteiger partial charge in [0.25, 0.3) is 5.56 Å². The number of benzene rings is 2. The predicted octanol–water partition coefficient (Wildman–Crippen LogP) is 2.35. The van der Waals surface area contributed by atoms with Crippen molar-refractivity contribution in [3.8, 4) is 17.2 Å². The maximum atomic E-state index is 12.8. The number of anilines is 1. The Morgan fingerprint density at radius 1 is 1.03 bits per heavy atom. The van der Waals surface area contributed by atoms with Gasteiger partial charge in [-0.15, -0.1) is 10.2 Å². The van der Waals surface area contributed by atoms with Crippen LogP contribution in [0.2, 0.25) is 0 Å². The molecule has 0 saturated carbocycles. The van der Waals surface area contributed by atoms with Crippen LogP contribution in [0.5, 0.6) is 11.5 Å². The van der Waals surface area contributed by atoms with Crippen LogP contribution in [0.3, 0.4) is 0 Å². The molecule has 0 aliphatic carbocycles. The van der Waals surface area contributed by atoms with Gasteiger partial charge in [0.1, 0.15) is 19.0 Å². The number of hydrogen-bond donors (Lipinski definition) is 3. The molecular weight excluding hydrogens is 496 g/mol. The Balaban J connectivity index is 1.39. The molecule has 190 valence electrons. The van der Waals surface area contributed by atoms with E-state index in [1.54, 1.807) is 18.2 Å². The highest BCUT2D eigenvalue weighted by Crippen LogP contribution is 2.33. The van der Waals surface area contributed by atoms with Crippen LogP contribution >= 0.6 is 11.8 Å². The number of H-pyrrole nitrogens is 2. The second kappa shape index (κ2) is 10.3. The van der Waals surface area contributed by atoms with E-state index in [1.807, 2.05) is 36.6 Å². The van der Waals surface area contributed by atoms with Crippen molar-refractivity contribution in [1.29, 1.82) is 0 Å². The summed E-state index contributed by atoms with van der Waals surface area (Å²) in [6.07, 6.45) is 0.170. The van der Waals surface area contributed by atoms with Gasteiger partial charge in [-0.05, 0) is 43.2 Å². The van der Waals surface area contributed by atoms with E-state index in [2.05, 4.69) is 25.5 Å². The minimum Gasteiger partial charge on any atom is -0.486 e. The Morgan fingerprint density at radius 2 is 1.84 bits per heavy atom. The molecule has 0 radical (unpaired) electrons. The summed E-state index contributed by atoms with van der Waals surface area (Å²) in [5.41, 5.74) is 2.78. The van der Waals surface area contributed by atoms with Crippen LogP contribution in [0.1, 0.15) is 22.6 Å². The van der Waals surface area contributed by atoms with E-state index in [4.69, 9.17) is 9.47 Å². The van der Waals surface area contributed by atoms with Gasteiger partial charge >= 0.3 is 5.69 Å². The number of aromatic nitrogens is 5. The van der Waals surface area contributed by atoms with Crippen LogP contribution in [0, 0.1) is 13.8 Å². The third-order valence-corrected chi connectivity index (χ3v) is 6.56. The average molecular weight is 521 g/mol. The van der Waals surface area contributed by atoms with Crippen molar-refractivity contribution >= 4 is 23.4 Å². The maximum Gasteiger partial charge on any atom is 0.325 e. The number of amides is 1. The zero-order valence-corrected chi connectivity index (χ0v) is 21.0. The summed E-state index contributed by atoms with van der Waals surface area (Å²) in [5, 5.41) is 12.0. The largest absolute Gasteiger partial charge is 0.486 e. The van der Waals surface area contributed by atoms with Crippen molar-refractivity contribution in [1.82, 2.24) is 24.7 Å². The predicted molar refractivity (Wildman–Crippen MR) is 138 cm³/mol. The Kier molecular flexibility index (Phi) is 6.82. The second-order valence-electron chi connectivity index (χ2n) is 8.51. The Labute approximate surface area is 215 Å². The number of ether oxygens (including phenoxy) is 2. The van der Waals surface area contributed by atoms with E-state index in [1.165, 1.54) is 17.8 Å². The van der Waals surface area contributed by atoms with E-state index in [0.717, 1.165) is 16.8 Å². The van der Waals surface area contributed by atoms with Crippen LogP contribution in [-0.4, -0.2) is 49.6 Å². The molecule has 11 nitrogen and oxygen atoms in total. The lowest BCUT2D eigenvalue weighted by Gasteiger charge is -2.19. The topological polar surface area (TPSA) is 144 Å². The maximum absolute atomic E-state index is 12.8. The fourth-order valence-electron chi connectivity index (χ4n) is 3.94. The first-order chi connectivity index (χ1) is 17.9. The molecule has 2 aromatic heterocycles. The molecule has 3 heterocycles. The van der Waals surface area contributed by atoms with E-state index in [0.29, 0.717) is 47.1 Å². The molecule has 12 heteroatoms. The van der Waals surface area contributed by atoms with E-state index in [-0.39, 0.29) is 18.1 Å². The molecule has 0 fully saturated rings. The standard InChI is InChI=1S/C25H24N6O5S/c1-14-3-4-15(2)18(9-14)31-21(11-17-12-22(32)28-24(34)27-17)29-30-25(31)37-13-23(33)26-16-5-6-19-20(10-16)36-8-7-35-19/h3-6,9-10,12H,7-8,11,13H2,1-2H3,(H,26,33)(H2,27,28,32,34). The number of hydrogen-bond acceptors (Lipinski definition) is 8. The fraction of sp³-hybridized carbons (Fsp3) is 0.240. The van der Waals surface area contributed by atoms with Crippen molar-refractivity contribution in [2.24, 2.45) is 0 Å². The van der Waals surface area contributed by atoms with Crippen LogP contribution in [0.15, 0.2) is 57.2 Å². The number of carbonyl (C=O) groups is 1. The van der Waals surface area contributed by atoms with Gasteiger partial charge in [-0.25, -0.2) is 4.79 Å². The SMILES string of the molecule is Cc1ccc(C)c(-n2c(Cc3cc(=O)[nH]c(=O)[nH]3)nnc2SCC(=O)Nc2ccc3c(c2)OCCO3)c1. The third-order valence-electron chi connectivity index (χ3n) is 5.63. The number of nitrogens with one attached hydrogen (secondary N) is 3. The molecule has 1 amide bonds. The van der Waals surface area contributed by atoms with Crippen LogP contribution in [0.4, 0.5) is 5.69 Å². The van der Waals surface area contributed by atoms with E-state index >= 15 is 0 Å². The second-order valence-corrected chi connectivity index (χ2v) is 9.45. The number of fused-ring (bicyclic) bond motifs is 1. The lowest BCUT2D eigenvalue weighted by Crippen LogP contribution is -2.23. The number of nitrogens with zero attached hydrogens (tertiary/aromatic N) is 3. The van der Waals surface area contributed by atoms with Crippen molar-refractivity contribution in [3.63, 3.8) is 0 Å². The molecular formula is C25H24N6O5S. The summed E-state index contributed by atoms with van der Waals surface area (Å²) in [4.78, 5) is 41.1. The summed E-state index contributed by atoms with van der Waals surface area (Å²) in [6, 6.07) is 12.6. The summed E-state index contributed by atoms with van der Waals surface area (Å²) in [7, 11) is 0. The molecule has 0 spiro atoms. The lowest BCUT2D eigenvalue weighted by atomic mass is 10.1. The number of aromatic amines is 2. The molecule has 0 atom stereocenters. The Morgan fingerprint density at radius 3 is 2.65 bits per heavy atom. The van der Waals surface area contributed by atoms with Gasteiger partial charge in [0.05, 0.1) is 11.4 Å². The first-order valence-electron chi connectivity index (χ1n) is 11.5. The fourth-order valence-corrected chi connectivity index (χ4v) is 4.71. The van der Waals surface area contributed by atoms with Crippen molar-refractivity contribution in [3.05, 3.63) is 85.9 Å². The van der Waals surface area contributed by atoms with Crippen LogP contribution < -0.4 is 26.0 Å². The third kappa shape index (κ3) is 5.59. The minimum absolute atomic E-state index is 0.0826. The van der Waals surface area contributed by atoms with Gasteiger partial charge in [0.15, 0.2) is 16.7 Å². The van der Waals surface area contributed by atoms with Crippen LogP contribution in [0.25, 0.3) is 5.69 Å². The molecule has 0 unspecified atom stereocenters. The van der Waals surface area contributed by atoms with Crippen molar-refractivity contribution in [2.75, 3.05) is 24.3 Å². The van der Waals surface area contributed by atoms with Crippen molar-refractivity contribution < 1.29 is 14.3 Å². The van der Waals surface area contributed by atoms with Gasteiger partial charge < -0.3 is 19.8 Å². The summed E-state index contributed by atoms with van der Waals surface area (Å²) in [5.74, 6) is 1.62. The number of carbonyl (C=O) groups excluding carboxylic acids is 1. The highest BCUT2D eigenvalue weighted by molar-refractivity contribution is 7.99. The highest BCUT2D eigenvalue weighted by Gasteiger charge is 2.19. The normalized spacial score (nSPS) is 12.4. The quantitative estimate of drug-likeness (QED) is 0.315. The molecule has 1 aliphatic rings. The summed E-state index contributed by atoms with van der Waals surface area (Å²) < 4.78 is 13.0.